The summed E-state index contributed by atoms with van der Waals surface area (Å²) in [5.74, 6) is 1.82. The van der Waals surface area contributed by atoms with Crippen molar-refractivity contribution in [1.29, 1.82) is 5.26 Å². The molecule has 0 heterocycles. The lowest BCUT2D eigenvalue weighted by Gasteiger charge is -2.29. The van der Waals surface area contributed by atoms with Crippen molar-refractivity contribution in [2.75, 3.05) is 11.9 Å². The second kappa shape index (κ2) is 8.56. The Morgan fingerprint density at radius 3 is 2.81 bits per heavy atom. The van der Waals surface area contributed by atoms with Crippen LogP contribution in [0, 0.1) is 17.2 Å². The first-order chi connectivity index (χ1) is 10.3. The van der Waals surface area contributed by atoms with Crippen LogP contribution in [0.2, 0.25) is 0 Å². The summed E-state index contributed by atoms with van der Waals surface area (Å²) in [6.07, 6.45) is 7.89. The maximum Gasteiger partial charge on any atom is 0.121 e. The minimum absolute atomic E-state index is 0.554. The molecule has 0 bridgehead atoms. The molecule has 1 N–H and O–H groups in total. The number of nitriles is 1. The molecule has 2 rings (SSSR count). The van der Waals surface area contributed by atoms with E-state index in [1.165, 1.54) is 32.1 Å². The molecule has 1 saturated carbocycles. The van der Waals surface area contributed by atoms with Crippen LogP contribution >= 0.6 is 0 Å². The minimum Gasteiger partial charge on any atom is -0.493 e. The highest BCUT2D eigenvalue weighted by molar-refractivity contribution is 5.48. The van der Waals surface area contributed by atoms with Crippen molar-refractivity contribution in [1.82, 2.24) is 0 Å². The Kier molecular flexibility index (Phi) is 6.40. The van der Waals surface area contributed by atoms with Crippen molar-refractivity contribution in [2.45, 2.75) is 57.9 Å². The van der Waals surface area contributed by atoms with Gasteiger partial charge in [-0.3, -0.25) is 0 Å². The number of hydrogen-bond acceptors (Lipinski definition) is 3. The van der Waals surface area contributed by atoms with Crippen molar-refractivity contribution in [2.24, 2.45) is 5.92 Å². The third-order valence-corrected chi connectivity index (χ3v) is 4.33. The van der Waals surface area contributed by atoms with Crippen LogP contribution in [0.25, 0.3) is 0 Å². The van der Waals surface area contributed by atoms with Gasteiger partial charge in [0.25, 0.3) is 0 Å². The van der Waals surface area contributed by atoms with Gasteiger partial charge in [-0.05, 0) is 50.2 Å². The Morgan fingerprint density at radius 1 is 1.29 bits per heavy atom. The van der Waals surface area contributed by atoms with Crippen LogP contribution in [0.1, 0.15) is 51.9 Å². The first-order valence-corrected chi connectivity index (χ1v) is 8.18. The molecule has 1 aliphatic carbocycles. The molecule has 3 heteroatoms. The summed E-state index contributed by atoms with van der Waals surface area (Å²) < 4.78 is 5.68. The van der Waals surface area contributed by atoms with Gasteiger partial charge >= 0.3 is 0 Å². The molecule has 1 fully saturated rings. The highest BCUT2D eigenvalue weighted by atomic mass is 16.5. The SMILES string of the molecule is CCC1CCC(Nc2cccc(OCCCC#N)c2)CC1. The maximum atomic E-state index is 8.51. The average Bonchev–Trinajstić information content (AvgIpc) is 2.53. The molecule has 0 saturated heterocycles. The van der Waals surface area contributed by atoms with Gasteiger partial charge in [-0.25, -0.2) is 0 Å². The van der Waals surface area contributed by atoms with Gasteiger partial charge in [0.1, 0.15) is 5.75 Å². The molecule has 114 valence electrons. The predicted octanol–water partition coefficient (Wildman–Crippen LogP) is 4.75. The van der Waals surface area contributed by atoms with Gasteiger partial charge in [0.2, 0.25) is 0 Å². The number of ether oxygens (including phenoxy) is 1. The zero-order valence-corrected chi connectivity index (χ0v) is 13.0. The molecule has 0 radical (unpaired) electrons. The lowest BCUT2D eigenvalue weighted by molar-refractivity contribution is 0.312. The van der Waals surface area contributed by atoms with E-state index in [0.29, 0.717) is 19.1 Å². The predicted molar refractivity (Wildman–Crippen MR) is 86.4 cm³/mol. The third kappa shape index (κ3) is 5.30. The van der Waals surface area contributed by atoms with E-state index in [4.69, 9.17) is 10.00 Å². The fourth-order valence-corrected chi connectivity index (χ4v) is 2.97. The molecule has 0 amide bonds. The summed E-state index contributed by atoms with van der Waals surface area (Å²) in [6, 6.07) is 10.9. The van der Waals surface area contributed by atoms with E-state index in [1.54, 1.807) is 0 Å². The molecule has 1 aliphatic rings. The lowest BCUT2D eigenvalue weighted by Crippen LogP contribution is -2.25. The number of benzene rings is 1. The quantitative estimate of drug-likeness (QED) is 0.736. The normalized spacial score (nSPS) is 21.5. The first kappa shape index (κ1) is 15.7. The Morgan fingerprint density at radius 2 is 2.10 bits per heavy atom. The number of unbranched alkanes of at least 4 members (excludes halogenated alkanes) is 1. The molecular weight excluding hydrogens is 260 g/mol. The Labute approximate surface area is 128 Å². The summed E-state index contributed by atoms with van der Waals surface area (Å²) in [7, 11) is 0. The monoisotopic (exact) mass is 286 g/mol. The summed E-state index contributed by atoms with van der Waals surface area (Å²) >= 11 is 0. The van der Waals surface area contributed by atoms with Crippen LogP contribution < -0.4 is 10.1 Å². The van der Waals surface area contributed by atoms with E-state index in [9.17, 15) is 0 Å². The molecule has 21 heavy (non-hydrogen) atoms. The van der Waals surface area contributed by atoms with Crippen molar-refractivity contribution < 1.29 is 4.74 Å². The highest BCUT2D eigenvalue weighted by Gasteiger charge is 2.19. The van der Waals surface area contributed by atoms with Crippen molar-refractivity contribution in [3.8, 4) is 11.8 Å². The van der Waals surface area contributed by atoms with Gasteiger partial charge in [0, 0.05) is 24.2 Å². The van der Waals surface area contributed by atoms with E-state index in [0.717, 1.165) is 23.8 Å². The van der Waals surface area contributed by atoms with Crippen LogP contribution in [0.15, 0.2) is 24.3 Å². The van der Waals surface area contributed by atoms with Gasteiger partial charge in [0.05, 0.1) is 12.7 Å². The van der Waals surface area contributed by atoms with E-state index >= 15 is 0 Å². The fourth-order valence-electron chi connectivity index (χ4n) is 2.97. The standard InChI is InChI=1S/C18H26N2O/c1-2-15-8-10-16(11-9-15)20-17-6-5-7-18(14-17)21-13-4-3-12-19/h5-7,14-16,20H,2-4,8-11,13H2,1H3. The summed E-state index contributed by atoms with van der Waals surface area (Å²) in [5, 5.41) is 12.1. The molecule has 1 aromatic carbocycles. The molecule has 0 aliphatic heterocycles. The average molecular weight is 286 g/mol. The van der Waals surface area contributed by atoms with E-state index in [1.807, 2.05) is 12.1 Å². The molecule has 1 aromatic rings. The van der Waals surface area contributed by atoms with Gasteiger partial charge in [-0.1, -0.05) is 19.4 Å². The summed E-state index contributed by atoms with van der Waals surface area (Å²) in [6.45, 7) is 2.91. The lowest BCUT2D eigenvalue weighted by atomic mass is 9.84. The number of hydrogen-bond donors (Lipinski definition) is 1. The van der Waals surface area contributed by atoms with Crippen LogP contribution in [0.3, 0.4) is 0 Å². The van der Waals surface area contributed by atoms with Crippen molar-refractivity contribution >= 4 is 5.69 Å². The molecule has 0 spiro atoms. The van der Waals surface area contributed by atoms with Gasteiger partial charge < -0.3 is 10.1 Å². The molecule has 3 nitrogen and oxygen atoms in total. The second-order valence-electron chi connectivity index (χ2n) is 5.91. The van der Waals surface area contributed by atoms with Gasteiger partial charge in [0.15, 0.2) is 0 Å². The van der Waals surface area contributed by atoms with Crippen LogP contribution in [0.5, 0.6) is 5.75 Å². The number of rotatable bonds is 7. The molecule has 0 unspecified atom stereocenters. The van der Waals surface area contributed by atoms with Crippen LogP contribution in [0.4, 0.5) is 5.69 Å². The Hall–Kier alpha value is -1.69. The zero-order valence-electron chi connectivity index (χ0n) is 13.0. The maximum absolute atomic E-state index is 8.51. The minimum atomic E-state index is 0.554. The summed E-state index contributed by atoms with van der Waals surface area (Å²) in [4.78, 5) is 0. The number of nitrogens with zero attached hydrogens (tertiary/aromatic N) is 1. The first-order valence-electron chi connectivity index (χ1n) is 8.18. The Balaban J connectivity index is 1.79. The molecular formula is C18H26N2O. The van der Waals surface area contributed by atoms with Gasteiger partial charge in [-0.2, -0.15) is 5.26 Å². The van der Waals surface area contributed by atoms with E-state index in [2.05, 4.69) is 30.4 Å². The number of nitrogens with one attached hydrogen (secondary N) is 1. The topological polar surface area (TPSA) is 45.0 Å². The van der Waals surface area contributed by atoms with Crippen LogP contribution in [-0.4, -0.2) is 12.6 Å². The largest absolute Gasteiger partial charge is 0.493 e. The van der Waals surface area contributed by atoms with Gasteiger partial charge in [-0.15, -0.1) is 0 Å². The van der Waals surface area contributed by atoms with E-state index in [-0.39, 0.29) is 0 Å². The van der Waals surface area contributed by atoms with Crippen molar-refractivity contribution in [3.63, 3.8) is 0 Å². The second-order valence-corrected chi connectivity index (χ2v) is 5.91. The highest BCUT2D eigenvalue weighted by Crippen LogP contribution is 2.29. The third-order valence-electron chi connectivity index (χ3n) is 4.33. The van der Waals surface area contributed by atoms with E-state index < -0.39 is 0 Å². The zero-order chi connectivity index (χ0) is 14.9. The van der Waals surface area contributed by atoms with Crippen molar-refractivity contribution in [3.05, 3.63) is 24.3 Å². The molecule has 0 aromatic heterocycles. The number of anilines is 1. The Bertz CT molecular complexity index is 459. The fraction of sp³-hybridized carbons (Fsp3) is 0.611. The molecule has 0 atom stereocenters. The smallest absolute Gasteiger partial charge is 0.121 e. The van der Waals surface area contributed by atoms with Crippen LogP contribution in [-0.2, 0) is 0 Å². The summed E-state index contributed by atoms with van der Waals surface area (Å²) in [5.41, 5.74) is 1.15.